The maximum atomic E-state index is 13.8. The summed E-state index contributed by atoms with van der Waals surface area (Å²) < 4.78 is 13.8. The van der Waals surface area contributed by atoms with E-state index in [1.54, 1.807) is 20.8 Å². The number of carbonyl (C=O) groups is 3. The van der Waals surface area contributed by atoms with Crippen molar-refractivity contribution in [3.8, 4) is 0 Å². The fraction of sp³-hybridized carbons (Fsp3) is 0.276. The normalized spacial score (nSPS) is 16.2. The van der Waals surface area contributed by atoms with Crippen LogP contribution in [0, 0.1) is 11.2 Å². The number of fused-ring (bicyclic) bond motifs is 1. The molecule has 0 aliphatic carbocycles. The van der Waals surface area contributed by atoms with Crippen molar-refractivity contribution in [2.75, 3.05) is 29.4 Å². The van der Waals surface area contributed by atoms with Gasteiger partial charge >= 0.3 is 12.0 Å². The Kier molecular flexibility index (Phi) is 6.65. The van der Waals surface area contributed by atoms with E-state index in [-0.39, 0.29) is 44.3 Å². The minimum absolute atomic E-state index is 0.154. The molecule has 3 aromatic rings. The molecule has 0 radical (unpaired) electrons. The summed E-state index contributed by atoms with van der Waals surface area (Å²) in [6.07, 6.45) is 0.769. The standard InChI is InChI=1S/C29H28FN3O4/c30-22-12-11-21-13-16-32(25(21)19-22)28(37)31-17-14-29(15-18-31,27(35)36)20-26(34)33(23-7-3-1-4-8-23)24-9-5-2-6-10-24/h1-12,19H,13-18,20H2,(H,35,36). The topological polar surface area (TPSA) is 81.2 Å². The number of anilines is 3. The van der Waals surface area contributed by atoms with Gasteiger partial charge in [0.25, 0.3) is 0 Å². The van der Waals surface area contributed by atoms with Crippen LogP contribution < -0.4 is 9.80 Å². The molecule has 0 saturated carbocycles. The third-order valence-corrected chi connectivity index (χ3v) is 7.39. The summed E-state index contributed by atoms with van der Waals surface area (Å²) in [5, 5.41) is 10.2. The molecule has 37 heavy (non-hydrogen) atoms. The number of likely N-dealkylation sites (tertiary alicyclic amines) is 1. The molecule has 3 aromatic carbocycles. The number of hydrogen-bond donors (Lipinski definition) is 1. The maximum Gasteiger partial charge on any atom is 0.324 e. The number of carboxylic acids is 1. The van der Waals surface area contributed by atoms with Crippen LogP contribution in [-0.2, 0) is 16.0 Å². The Morgan fingerprint density at radius 3 is 2.03 bits per heavy atom. The molecule has 0 unspecified atom stereocenters. The minimum Gasteiger partial charge on any atom is -0.481 e. The van der Waals surface area contributed by atoms with Crippen molar-refractivity contribution in [1.82, 2.24) is 4.90 Å². The first kappa shape index (κ1) is 24.5. The van der Waals surface area contributed by atoms with Crippen molar-refractivity contribution in [2.24, 2.45) is 5.41 Å². The highest BCUT2D eigenvalue weighted by molar-refractivity contribution is 6.02. The SMILES string of the molecule is O=C(N1CCC(CC(=O)N(c2ccccc2)c2ccccc2)(C(=O)O)CC1)N1CCc2ccc(F)cc21. The molecule has 5 rings (SSSR count). The molecular formula is C29H28FN3O4. The van der Waals surface area contributed by atoms with Gasteiger partial charge in [-0.2, -0.15) is 0 Å². The van der Waals surface area contributed by atoms with Gasteiger partial charge in [-0.1, -0.05) is 42.5 Å². The van der Waals surface area contributed by atoms with Gasteiger partial charge in [0, 0.05) is 37.4 Å². The van der Waals surface area contributed by atoms with E-state index in [4.69, 9.17) is 0 Å². The zero-order valence-corrected chi connectivity index (χ0v) is 20.3. The zero-order chi connectivity index (χ0) is 26.0. The number of carbonyl (C=O) groups excluding carboxylic acids is 2. The number of para-hydroxylation sites is 2. The Labute approximate surface area is 214 Å². The lowest BCUT2D eigenvalue weighted by molar-refractivity contribution is -0.154. The quantitative estimate of drug-likeness (QED) is 0.519. The molecule has 190 valence electrons. The molecule has 0 atom stereocenters. The summed E-state index contributed by atoms with van der Waals surface area (Å²) in [7, 11) is 0. The second-order valence-corrected chi connectivity index (χ2v) is 9.61. The van der Waals surface area contributed by atoms with E-state index in [0.717, 1.165) is 5.56 Å². The van der Waals surface area contributed by atoms with Crippen LogP contribution in [0.2, 0.25) is 0 Å². The number of urea groups is 1. The van der Waals surface area contributed by atoms with Crippen molar-refractivity contribution in [1.29, 1.82) is 0 Å². The van der Waals surface area contributed by atoms with E-state index in [9.17, 15) is 23.9 Å². The number of benzene rings is 3. The van der Waals surface area contributed by atoms with Crippen LogP contribution in [0.15, 0.2) is 78.9 Å². The molecule has 2 aliphatic rings. The van der Waals surface area contributed by atoms with Gasteiger partial charge in [-0.3, -0.25) is 19.4 Å². The highest BCUT2D eigenvalue weighted by Crippen LogP contribution is 2.39. The monoisotopic (exact) mass is 501 g/mol. The Hall–Kier alpha value is -4.20. The average Bonchev–Trinajstić information content (AvgIpc) is 3.33. The molecule has 2 aliphatic heterocycles. The van der Waals surface area contributed by atoms with Gasteiger partial charge in [0.1, 0.15) is 5.82 Å². The Morgan fingerprint density at radius 1 is 0.865 bits per heavy atom. The van der Waals surface area contributed by atoms with Crippen molar-refractivity contribution in [3.05, 3.63) is 90.2 Å². The average molecular weight is 502 g/mol. The van der Waals surface area contributed by atoms with Crippen molar-refractivity contribution in [3.63, 3.8) is 0 Å². The van der Waals surface area contributed by atoms with Gasteiger partial charge in [-0.15, -0.1) is 0 Å². The van der Waals surface area contributed by atoms with Crippen molar-refractivity contribution in [2.45, 2.75) is 25.7 Å². The highest BCUT2D eigenvalue weighted by Gasteiger charge is 2.46. The van der Waals surface area contributed by atoms with E-state index in [2.05, 4.69) is 0 Å². The molecule has 3 amide bonds. The van der Waals surface area contributed by atoms with Crippen LogP contribution in [-0.4, -0.2) is 47.5 Å². The molecule has 1 fully saturated rings. The van der Waals surface area contributed by atoms with E-state index >= 15 is 0 Å². The maximum absolute atomic E-state index is 13.8. The number of rotatable bonds is 5. The molecular weight excluding hydrogens is 473 g/mol. The fourth-order valence-corrected chi connectivity index (χ4v) is 5.27. The number of amides is 3. The smallest absolute Gasteiger partial charge is 0.324 e. The van der Waals surface area contributed by atoms with Gasteiger partial charge in [-0.05, 0) is 61.2 Å². The third kappa shape index (κ3) is 4.79. The molecule has 0 aromatic heterocycles. The molecule has 7 nitrogen and oxygen atoms in total. The number of halogens is 1. The summed E-state index contributed by atoms with van der Waals surface area (Å²) >= 11 is 0. The van der Waals surface area contributed by atoms with Crippen LogP contribution >= 0.6 is 0 Å². The van der Waals surface area contributed by atoms with Gasteiger partial charge in [0.2, 0.25) is 5.91 Å². The first-order valence-corrected chi connectivity index (χ1v) is 12.4. The first-order chi connectivity index (χ1) is 17.9. The van der Waals surface area contributed by atoms with E-state index < -0.39 is 17.2 Å². The lowest BCUT2D eigenvalue weighted by Crippen LogP contribution is -2.51. The summed E-state index contributed by atoms with van der Waals surface area (Å²) in [4.78, 5) is 44.2. The highest BCUT2D eigenvalue weighted by atomic mass is 19.1. The Bertz CT molecular complexity index is 1270. The van der Waals surface area contributed by atoms with Gasteiger partial charge in [0.05, 0.1) is 11.1 Å². The predicted octanol–water partition coefficient (Wildman–Crippen LogP) is 5.23. The summed E-state index contributed by atoms with van der Waals surface area (Å²) in [6.45, 7) is 0.867. The Morgan fingerprint density at radius 2 is 1.46 bits per heavy atom. The van der Waals surface area contributed by atoms with E-state index in [1.807, 2.05) is 60.7 Å². The number of piperidine rings is 1. The molecule has 0 bridgehead atoms. The molecule has 0 spiro atoms. The van der Waals surface area contributed by atoms with Gasteiger partial charge < -0.3 is 10.0 Å². The molecule has 1 N–H and O–H groups in total. The third-order valence-electron chi connectivity index (χ3n) is 7.39. The summed E-state index contributed by atoms with van der Waals surface area (Å²) in [5.41, 5.74) is 1.51. The van der Waals surface area contributed by atoms with E-state index in [1.165, 1.54) is 12.1 Å². The van der Waals surface area contributed by atoms with Crippen molar-refractivity contribution < 1.29 is 23.9 Å². The largest absolute Gasteiger partial charge is 0.481 e. The zero-order valence-electron chi connectivity index (χ0n) is 20.3. The lowest BCUT2D eigenvalue weighted by Gasteiger charge is -2.40. The van der Waals surface area contributed by atoms with Crippen LogP contribution in [0.25, 0.3) is 0 Å². The second-order valence-electron chi connectivity index (χ2n) is 9.61. The minimum atomic E-state index is -1.29. The van der Waals surface area contributed by atoms with Crippen LogP contribution in [0.5, 0.6) is 0 Å². The lowest BCUT2D eigenvalue weighted by atomic mass is 9.75. The summed E-state index contributed by atoms with van der Waals surface area (Å²) in [6, 6.07) is 22.5. The summed E-state index contributed by atoms with van der Waals surface area (Å²) in [5.74, 6) is -1.76. The van der Waals surface area contributed by atoms with E-state index in [0.29, 0.717) is 30.0 Å². The first-order valence-electron chi connectivity index (χ1n) is 12.4. The Balaban J connectivity index is 1.33. The second kappa shape index (κ2) is 10.0. The number of carboxylic acid groups (broad SMARTS) is 1. The number of hydrogen-bond acceptors (Lipinski definition) is 3. The number of aliphatic carboxylic acids is 1. The van der Waals surface area contributed by atoms with Gasteiger partial charge in [-0.25, -0.2) is 9.18 Å². The van der Waals surface area contributed by atoms with Crippen LogP contribution in [0.4, 0.5) is 26.2 Å². The van der Waals surface area contributed by atoms with Crippen LogP contribution in [0.1, 0.15) is 24.8 Å². The molecule has 1 saturated heterocycles. The fourth-order valence-electron chi connectivity index (χ4n) is 5.27. The van der Waals surface area contributed by atoms with Gasteiger partial charge in [0.15, 0.2) is 0 Å². The molecule has 8 heteroatoms. The van der Waals surface area contributed by atoms with Crippen molar-refractivity contribution >= 4 is 35.0 Å². The number of nitrogens with zero attached hydrogens (tertiary/aromatic N) is 3. The van der Waals surface area contributed by atoms with Crippen LogP contribution in [0.3, 0.4) is 0 Å². The molecule has 2 heterocycles. The predicted molar refractivity (Wildman–Crippen MR) is 138 cm³/mol.